The Morgan fingerprint density at radius 1 is 1.47 bits per heavy atom. The van der Waals surface area contributed by atoms with Gasteiger partial charge in [-0.3, -0.25) is 0 Å². The molecule has 1 aliphatic rings. The monoisotopic (exact) mass is 209 g/mol. The van der Waals surface area contributed by atoms with Gasteiger partial charge < -0.3 is 5.32 Å². The standard InChI is InChI=1S/C13H20FN/c1-8(2)11-6-7-12(15-9(3)4)13(14)10(11)5/h6-7,9-10,13,15H,1H2,2-5H3/t10-,13?/m0/s1. The third kappa shape index (κ3) is 2.71. The fourth-order valence-corrected chi connectivity index (χ4v) is 1.84. The van der Waals surface area contributed by atoms with E-state index in [1.54, 1.807) is 0 Å². The number of allylic oxidation sites excluding steroid dienone is 5. The van der Waals surface area contributed by atoms with E-state index in [-0.39, 0.29) is 12.0 Å². The van der Waals surface area contributed by atoms with Crippen molar-refractivity contribution < 1.29 is 4.39 Å². The van der Waals surface area contributed by atoms with Crippen LogP contribution in [-0.4, -0.2) is 12.2 Å². The molecule has 1 nitrogen and oxygen atoms in total. The lowest BCUT2D eigenvalue weighted by molar-refractivity contribution is 0.290. The third-order valence-electron chi connectivity index (χ3n) is 2.62. The summed E-state index contributed by atoms with van der Waals surface area (Å²) >= 11 is 0. The van der Waals surface area contributed by atoms with E-state index in [0.717, 1.165) is 11.1 Å². The predicted molar refractivity (Wildman–Crippen MR) is 63.3 cm³/mol. The zero-order valence-electron chi connectivity index (χ0n) is 9.97. The minimum Gasteiger partial charge on any atom is -0.384 e. The number of halogens is 1. The molecule has 1 unspecified atom stereocenters. The van der Waals surface area contributed by atoms with Crippen LogP contribution in [0, 0.1) is 5.92 Å². The molecular weight excluding hydrogens is 189 g/mol. The first kappa shape index (κ1) is 12.0. The fourth-order valence-electron chi connectivity index (χ4n) is 1.84. The molecule has 0 saturated heterocycles. The average molecular weight is 209 g/mol. The second-order valence-corrected chi connectivity index (χ2v) is 4.51. The van der Waals surface area contributed by atoms with E-state index < -0.39 is 6.17 Å². The summed E-state index contributed by atoms with van der Waals surface area (Å²) in [5.74, 6) is -0.103. The SMILES string of the molecule is C=C(C)C1=CC=C(NC(C)C)C(F)[C@H]1C. The molecule has 0 aromatic carbocycles. The van der Waals surface area contributed by atoms with Crippen molar-refractivity contribution in [2.75, 3.05) is 0 Å². The van der Waals surface area contributed by atoms with Crippen molar-refractivity contribution in [3.8, 4) is 0 Å². The highest BCUT2D eigenvalue weighted by atomic mass is 19.1. The quantitative estimate of drug-likeness (QED) is 0.751. The Morgan fingerprint density at radius 2 is 2.07 bits per heavy atom. The van der Waals surface area contributed by atoms with E-state index in [0.29, 0.717) is 5.70 Å². The molecule has 0 aliphatic heterocycles. The van der Waals surface area contributed by atoms with Gasteiger partial charge in [0.15, 0.2) is 0 Å². The molecule has 2 heteroatoms. The van der Waals surface area contributed by atoms with Gasteiger partial charge >= 0.3 is 0 Å². The summed E-state index contributed by atoms with van der Waals surface area (Å²) in [5, 5.41) is 3.13. The maximum absolute atomic E-state index is 14.0. The first-order chi connectivity index (χ1) is 6.93. The molecule has 0 fully saturated rings. The smallest absolute Gasteiger partial charge is 0.146 e. The van der Waals surface area contributed by atoms with Crippen molar-refractivity contribution in [1.82, 2.24) is 5.32 Å². The summed E-state index contributed by atoms with van der Waals surface area (Å²) < 4.78 is 14.0. The van der Waals surface area contributed by atoms with Crippen LogP contribution in [0.3, 0.4) is 0 Å². The first-order valence-corrected chi connectivity index (χ1v) is 5.41. The van der Waals surface area contributed by atoms with Gasteiger partial charge in [0, 0.05) is 17.7 Å². The van der Waals surface area contributed by atoms with E-state index >= 15 is 0 Å². The number of alkyl halides is 1. The minimum atomic E-state index is -0.941. The minimum absolute atomic E-state index is 0.103. The molecule has 1 N–H and O–H groups in total. The molecule has 15 heavy (non-hydrogen) atoms. The van der Waals surface area contributed by atoms with Crippen LogP contribution in [0.1, 0.15) is 27.7 Å². The molecule has 0 aromatic heterocycles. The van der Waals surface area contributed by atoms with Crippen molar-refractivity contribution in [3.05, 3.63) is 35.6 Å². The van der Waals surface area contributed by atoms with Crippen LogP contribution >= 0.6 is 0 Å². The Hall–Kier alpha value is -1.05. The van der Waals surface area contributed by atoms with Crippen LogP contribution in [0.2, 0.25) is 0 Å². The maximum Gasteiger partial charge on any atom is 0.146 e. The molecule has 84 valence electrons. The zero-order valence-corrected chi connectivity index (χ0v) is 9.97. The Balaban J connectivity index is 2.89. The van der Waals surface area contributed by atoms with Gasteiger partial charge in [0.2, 0.25) is 0 Å². The molecule has 0 aromatic rings. The molecule has 0 heterocycles. The van der Waals surface area contributed by atoms with Gasteiger partial charge in [0.1, 0.15) is 6.17 Å². The summed E-state index contributed by atoms with van der Waals surface area (Å²) in [6.45, 7) is 11.7. The van der Waals surface area contributed by atoms with Crippen LogP contribution in [0.25, 0.3) is 0 Å². The highest BCUT2D eigenvalue weighted by Gasteiger charge is 2.27. The highest BCUT2D eigenvalue weighted by Crippen LogP contribution is 2.30. The van der Waals surface area contributed by atoms with Crippen LogP contribution in [0.5, 0.6) is 0 Å². The lowest BCUT2D eigenvalue weighted by Crippen LogP contribution is -2.33. The van der Waals surface area contributed by atoms with Gasteiger partial charge in [-0.25, -0.2) is 4.39 Å². The van der Waals surface area contributed by atoms with Crippen molar-refractivity contribution in [2.24, 2.45) is 5.92 Å². The molecule has 1 aliphatic carbocycles. The lowest BCUT2D eigenvalue weighted by atomic mass is 9.86. The van der Waals surface area contributed by atoms with Gasteiger partial charge in [-0.2, -0.15) is 0 Å². The highest BCUT2D eigenvalue weighted by molar-refractivity contribution is 5.39. The van der Waals surface area contributed by atoms with Gasteiger partial charge in [-0.15, -0.1) is 0 Å². The normalized spacial score (nSPS) is 26.0. The lowest BCUT2D eigenvalue weighted by Gasteiger charge is -2.28. The summed E-state index contributed by atoms with van der Waals surface area (Å²) in [6, 6.07) is 0.265. The number of hydrogen-bond acceptors (Lipinski definition) is 1. The average Bonchev–Trinajstić information content (AvgIpc) is 2.12. The Morgan fingerprint density at radius 3 is 2.53 bits per heavy atom. The van der Waals surface area contributed by atoms with Crippen molar-refractivity contribution in [2.45, 2.75) is 39.9 Å². The van der Waals surface area contributed by atoms with E-state index in [1.165, 1.54) is 0 Å². The van der Waals surface area contributed by atoms with Crippen molar-refractivity contribution in [1.29, 1.82) is 0 Å². The van der Waals surface area contributed by atoms with Gasteiger partial charge in [-0.1, -0.05) is 25.2 Å². The first-order valence-electron chi connectivity index (χ1n) is 5.41. The summed E-state index contributed by atoms with van der Waals surface area (Å²) in [5.41, 5.74) is 2.64. The molecule has 2 atom stereocenters. The topological polar surface area (TPSA) is 12.0 Å². The molecule has 0 saturated carbocycles. The second kappa shape index (κ2) is 4.65. The molecule has 1 rings (SSSR count). The summed E-state index contributed by atoms with van der Waals surface area (Å²) in [6.07, 6.45) is 2.85. The van der Waals surface area contributed by atoms with E-state index in [1.807, 2.05) is 39.8 Å². The molecule has 0 radical (unpaired) electrons. The van der Waals surface area contributed by atoms with Crippen LogP contribution in [-0.2, 0) is 0 Å². The zero-order chi connectivity index (χ0) is 11.6. The Bertz CT molecular complexity index is 312. The molecule has 0 spiro atoms. The van der Waals surface area contributed by atoms with E-state index in [9.17, 15) is 4.39 Å². The van der Waals surface area contributed by atoms with Crippen molar-refractivity contribution in [3.63, 3.8) is 0 Å². The largest absolute Gasteiger partial charge is 0.384 e. The van der Waals surface area contributed by atoms with Gasteiger partial charge in [0.25, 0.3) is 0 Å². The van der Waals surface area contributed by atoms with Crippen LogP contribution < -0.4 is 5.32 Å². The second-order valence-electron chi connectivity index (χ2n) is 4.51. The number of hydrogen-bond donors (Lipinski definition) is 1. The molecule has 0 amide bonds. The molecule has 0 bridgehead atoms. The van der Waals surface area contributed by atoms with E-state index in [4.69, 9.17) is 0 Å². The number of nitrogens with one attached hydrogen (secondary N) is 1. The summed E-state index contributed by atoms with van der Waals surface area (Å²) in [4.78, 5) is 0. The van der Waals surface area contributed by atoms with E-state index in [2.05, 4.69) is 11.9 Å². The Labute approximate surface area is 91.8 Å². The maximum atomic E-state index is 14.0. The number of rotatable bonds is 3. The van der Waals surface area contributed by atoms with Gasteiger partial charge in [-0.05, 0) is 32.4 Å². The van der Waals surface area contributed by atoms with Gasteiger partial charge in [0.05, 0.1) is 0 Å². The third-order valence-corrected chi connectivity index (χ3v) is 2.62. The predicted octanol–water partition coefficient (Wildman–Crippen LogP) is 3.36. The Kier molecular flexibility index (Phi) is 3.72. The fraction of sp³-hybridized carbons (Fsp3) is 0.538. The van der Waals surface area contributed by atoms with Crippen LogP contribution in [0.4, 0.5) is 4.39 Å². The summed E-state index contributed by atoms with van der Waals surface area (Å²) in [7, 11) is 0. The molecular formula is C13H20FN. The van der Waals surface area contributed by atoms with Crippen LogP contribution in [0.15, 0.2) is 35.6 Å². The van der Waals surface area contributed by atoms with Crippen molar-refractivity contribution >= 4 is 0 Å².